The molecular formula is C28H48N2O20. The smallest absolute Gasteiger partial charge is 0.217 e. The van der Waals surface area contributed by atoms with Crippen molar-refractivity contribution in [3.8, 4) is 0 Å². The first-order chi connectivity index (χ1) is 23.5. The van der Waals surface area contributed by atoms with Crippen LogP contribution in [0.2, 0.25) is 0 Å². The molecule has 0 radical (unpaired) electrons. The molecule has 50 heavy (non-hydrogen) atoms. The number of hydrogen-bond donors (Lipinski definition) is 13. The number of carbonyl (C=O) groups is 2. The minimum Gasteiger partial charge on any atom is -0.394 e. The second kappa shape index (κ2) is 17.4. The molecule has 22 heteroatoms. The highest BCUT2D eigenvalue weighted by Gasteiger charge is 2.56. The summed E-state index contributed by atoms with van der Waals surface area (Å²) in [4.78, 5) is 24.1. The monoisotopic (exact) mass is 732 g/mol. The number of carbonyl (C=O) groups excluding carboxylic acids is 2. The molecule has 22 nitrogen and oxygen atoms in total. The van der Waals surface area contributed by atoms with Crippen molar-refractivity contribution >= 4 is 11.8 Å². The topological polar surface area (TPSA) is 345 Å². The maximum absolute atomic E-state index is 12.1. The average Bonchev–Trinajstić information content (AvgIpc) is 3.07. The van der Waals surface area contributed by atoms with Gasteiger partial charge in [-0.25, -0.2) is 0 Å². The van der Waals surface area contributed by atoms with Crippen molar-refractivity contribution in [1.82, 2.24) is 10.6 Å². The van der Waals surface area contributed by atoms with Gasteiger partial charge in [0.2, 0.25) is 11.8 Å². The summed E-state index contributed by atoms with van der Waals surface area (Å²) >= 11 is 0. The van der Waals surface area contributed by atoms with Crippen LogP contribution in [0.5, 0.6) is 0 Å². The lowest BCUT2D eigenvalue weighted by Gasteiger charge is -2.51. The molecule has 2 amide bonds. The van der Waals surface area contributed by atoms with Gasteiger partial charge in [0.1, 0.15) is 91.4 Å². The molecule has 4 fully saturated rings. The molecule has 4 aliphatic heterocycles. The number of amides is 2. The van der Waals surface area contributed by atoms with E-state index in [4.69, 9.17) is 33.2 Å². The Morgan fingerprint density at radius 3 is 1.58 bits per heavy atom. The lowest BCUT2D eigenvalue weighted by Crippen LogP contribution is -2.70. The molecule has 0 aromatic carbocycles. The van der Waals surface area contributed by atoms with Crippen molar-refractivity contribution in [3.63, 3.8) is 0 Å². The fourth-order valence-electron chi connectivity index (χ4n) is 6.26. The second-order valence-electron chi connectivity index (χ2n) is 12.6. The van der Waals surface area contributed by atoms with Gasteiger partial charge < -0.3 is 100.0 Å². The molecule has 0 aliphatic carbocycles. The van der Waals surface area contributed by atoms with Crippen molar-refractivity contribution in [3.05, 3.63) is 0 Å². The Morgan fingerprint density at radius 2 is 1.00 bits per heavy atom. The molecule has 4 saturated heterocycles. The van der Waals surface area contributed by atoms with Crippen LogP contribution in [0.4, 0.5) is 0 Å². The van der Waals surface area contributed by atoms with Gasteiger partial charge in [0.05, 0.1) is 25.9 Å². The summed E-state index contributed by atoms with van der Waals surface area (Å²) in [6.07, 6.45) is -31.1. The maximum Gasteiger partial charge on any atom is 0.217 e. The highest BCUT2D eigenvalue weighted by Crippen LogP contribution is 2.36. The van der Waals surface area contributed by atoms with Gasteiger partial charge in [-0.15, -0.1) is 0 Å². The summed E-state index contributed by atoms with van der Waals surface area (Å²) in [5.41, 5.74) is 0. The zero-order valence-corrected chi connectivity index (χ0v) is 27.3. The van der Waals surface area contributed by atoms with Crippen LogP contribution in [0.15, 0.2) is 0 Å². The van der Waals surface area contributed by atoms with Gasteiger partial charge in [0, 0.05) is 13.8 Å². The Kier molecular flexibility index (Phi) is 14.2. The molecule has 4 rings (SSSR count). The lowest BCUT2D eigenvalue weighted by molar-refractivity contribution is -0.396. The van der Waals surface area contributed by atoms with Gasteiger partial charge in [-0.3, -0.25) is 9.59 Å². The van der Waals surface area contributed by atoms with Crippen molar-refractivity contribution in [2.75, 3.05) is 19.8 Å². The van der Waals surface area contributed by atoms with Gasteiger partial charge in [0.15, 0.2) is 25.2 Å². The number of hydrogen-bond acceptors (Lipinski definition) is 20. The van der Waals surface area contributed by atoms with Crippen LogP contribution < -0.4 is 10.6 Å². The zero-order chi connectivity index (χ0) is 37.2. The molecule has 290 valence electrons. The van der Waals surface area contributed by atoms with Crippen LogP contribution in [0, 0.1) is 0 Å². The quantitative estimate of drug-likeness (QED) is 0.0938. The van der Waals surface area contributed by atoms with Crippen LogP contribution in [-0.4, -0.2) is 211 Å². The Balaban J connectivity index is 1.77. The molecule has 0 aromatic heterocycles. The van der Waals surface area contributed by atoms with Gasteiger partial charge in [0.25, 0.3) is 0 Å². The van der Waals surface area contributed by atoms with Gasteiger partial charge in [-0.05, 0) is 6.92 Å². The third-order valence-corrected chi connectivity index (χ3v) is 8.97. The minimum absolute atomic E-state index is 0.707. The molecule has 13 N–H and O–H groups in total. The van der Waals surface area contributed by atoms with Crippen LogP contribution in [0.3, 0.4) is 0 Å². The first kappa shape index (κ1) is 41.0. The Labute approximate surface area is 285 Å². The molecule has 0 saturated carbocycles. The fourth-order valence-corrected chi connectivity index (χ4v) is 6.26. The molecule has 1 unspecified atom stereocenters. The molecule has 4 heterocycles. The summed E-state index contributed by atoms with van der Waals surface area (Å²) in [6, 6.07) is -3.09. The molecule has 4 aliphatic rings. The molecule has 0 spiro atoms. The summed E-state index contributed by atoms with van der Waals surface area (Å²) in [5, 5.41) is 120. The van der Waals surface area contributed by atoms with Crippen molar-refractivity contribution in [2.24, 2.45) is 0 Å². The molecule has 0 bridgehead atoms. The predicted octanol–water partition coefficient (Wildman–Crippen LogP) is -8.43. The summed E-state index contributed by atoms with van der Waals surface area (Å²) in [7, 11) is 0. The zero-order valence-electron chi connectivity index (χ0n) is 27.3. The van der Waals surface area contributed by atoms with E-state index < -0.39 is 154 Å². The van der Waals surface area contributed by atoms with Crippen molar-refractivity contribution in [2.45, 2.75) is 143 Å². The van der Waals surface area contributed by atoms with E-state index >= 15 is 0 Å². The third-order valence-electron chi connectivity index (χ3n) is 8.97. The van der Waals surface area contributed by atoms with Crippen LogP contribution in [0.25, 0.3) is 0 Å². The summed E-state index contributed by atoms with van der Waals surface area (Å²) in [6.45, 7) is 0.914. The van der Waals surface area contributed by atoms with E-state index in [0.29, 0.717) is 0 Å². The van der Waals surface area contributed by atoms with E-state index in [2.05, 4.69) is 10.6 Å². The first-order valence-corrected chi connectivity index (χ1v) is 15.9. The Morgan fingerprint density at radius 1 is 0.520 bits per heavy atom. The van der Waals surface area contributed by atoms with Crippen molar-refractivity contribution < 1.29 is 98.9 Å². The van der Waals surface area contributed by atoms with Crippen LogP contribution in [-0.2, 0) is 42.7 Å². The van der Waals surface area contributed by atoms with Crippen LogP contribution in [0.1, 0.15) is 20.8 Å². The van der Waals surface area contributed by atoms with Gasteiger partial charge in [-0.2, -0.15) is 0 Å². The molecular weight excluding hydrogens is 684 g/mol. The third kappa shape index (κ3) is 8.70. The number of ether oxygens (including phenoxy) is 7. The van der Waals surface area contributed by atoms with Crippen molar-refractivity contribution in [1.29, 1.82) is 0 Å². The van der Waals surface area contributed by atoms with E-state index in [1.54, 1.807) is 0 Å². The SMILES string of the molecule is CC(=O)N[C@H]1[C@@H](O[C@H]2[C@@H](O)[C@@H](CO)O[C@@H](O[C@H]3[C@H](O)[C@@H](CO)OC(O)[C@@H]3NC(C)=O)[C@@H]2O[C@@H]2O[C@@H](C)[C@@H](O)[C@@H](O)[C@@H]2O)O[C@H](CO)[C@H](O)[C@@H]1O. The molecule has 0 aromatic rings. The number of aliphatic hydroxyl groups is 11. The lowest BCUT2D eigenvalue weighted by atomic mass is 9.94. The summed E-state index contributed by atoms with van der Waals surface area (Å²) < 4.78 is 40.3. The van der Waals surface area contributed by atoms with Gasteiger partial charge in [-0.1, -0.05) is 0 Å². The normalized spacial score (nSPS) is 48.5. The Hall–Kier alpha value is -1.78. The van der Waals surface area contributed by atoms with E-state index in [0.717, 1.165) is 13.8 Å². The van der Waals surface area contributed by atoms with Crippen LogP contribution >= 0.6 is 0 Å². The fraction of sp³-hybridized carbons (Fsp3) is 0.929. The van der Waals surface area contributed by atoms with E-state index in [1.165, 1.54) is 6.92 Å². The standard InChI is InChI=1S/C28H48N2O20/c1-7-15(36)20(41)21(42)27(44-7)50-24-23(49-26-13(29-8(2)34)19(40)16(37)10(4-31)46-26)18(39)12(6-33)47-28(24)48-22-14(30-9(3)35)25(43)45-11(5-32)17(22)38/h7,10-28,31-33,36-43H,4-6H2,1-3H3,(H,29,34)(H,30,35)/t7-,10+,11+,12+,13+,14+,15+,16-,17+,18-,19+,20+,21-,22+,23-,24+,25?,26+,27-,28-/m0/s1. The minimum atomic E-state index is -1.95. The highest BCUT2D eigenvalue weighted by molar-refractivity contribution is 5.73. The van der Waals surface area contributed by atoms with E-state index in [1.807, 2.05) is 0 Å². The number of aliphatic hydroxyl groups excluding tert-OH is 11. The number of nitrogens with one attached hydrogen (secondary N) is 2. The second-order valence-corrected chi connectivity index (χ2v) is 12.6. The predicted molar refractivity (Wildman–Crippen MR) is 156 cm³/mol. The average molecular weight is 733 g/mol. The first-order valence-electron chi connectivity index (χ1n) is 15.9. The van der Waals surface area contributed by atoms with E-state index in [-0.39, 0.29) is 0 Å². The molecule has 20 atom stereocenters. The largest absolute Gasteiger partial charge is 0.394 e. The Bertz CT molecular complexity index is 1130. The highest BCUT2D eigenvalue weighted by atomic mass is 16.8. The summed E-state index contributed by atoms with van der Waals surface area (Å²) in [5.74, 6) is -1.42. The van der Waals surface area contributed by atoms with Gasteiger partial charge >= 0.3 is 0 Å². The maximum atomic E-state index is 12.1. The van der Waals surface area contributed by atoms with E-state index in [9.17, 15) is 65.8 Å². The number of rotatable bonds is 11.